The van der Waals surface area contributed by atoms with Gasteiger partial charge in [-0.15, -0.1) is 0 Å². The molecule has 2 aliphatic rings. The molecule has 1 unspecified atom stereocenters. The summed E-state index contributed by atoms with van der Waals surface area (Å²) in [5.41, 5.74) is 2.78. The monoisotopic (exact) mass is 245 g/mol. The van der Waals surface area contributed by atoms with Crippen molar-refractivity contribution in [1.29, 1.82) is 0 Å². The van der Waals surface area contributed by atoms with E-state index in [-0.39, 0.29) is 5.92 Å². The largest absolute Gasteiger partial charge is 0.481 e. The number of nitrogens with zero attached hydrogens (tertiary/aromatic N) is 1. The van der Waals surface area contributed by atoms with Gasteiger partial charge in [-0.05, 0) is 42.9 Å². The number of aliphatic carboxylic acids is 1. The van der Waals surface area contributed by atoms with Crippen molar-refractivity contribution < 1.29 is 9.90 Å². The Morgan fingerprint density at radius 3 is 2.83 bits per heavy atom. The number of rotatable bonds is 4. The summed E-state index contributed by atoms with van der Waals surface area (Å²) in [7, 11) is 0. The molecule has 0 bridgehead atoms. The van der Waals surface area contributed by atoms with Gasteiger partial charge in [0, 0.05) is 13.1 Å². The average Bonchev–Trinajstić information content (AvgIpc) is 3.10. The van der Waals surface area contributed by atoms with Gasteiger partial charge < -0.3 is 5.11 Å². The SMILES string of the molecule is O=C(O)C1CCN(Cc2cccc(C3CC3)c2)C1. The number of benzene rings is 1. The maximum absolute atomic E-state index is 10.9. The number of carboxylic acid groups (broad SMARTS) is 1. The van der Waals surface area contributed by atoms with Crippen molar-refractivity contribution in [3.05, 3.63) is 35.4 Å². The van der Waals surface area contributed by atoms with Gasteiger partial charge in [0.2, 0.25) is 0 Å². The first-order valence-electron chi connectivity index (χ1n) is 6.76. The van der Waals surface area contributed by atoms with Crippen LogP contribution in [0.5, 0.6) is 0 Å². The summed E-state index contributed by atoms with van der Waals surface area (Å²) in [4.78, 5) is 13.2. The first kappa shape index (κ1) is 11.7. The Bertz CT molecular complexity index is 454. The Labute approximate surface area is 107 Å². The van der Waals surface area contributed by atoms with E-state index in [1.807, 2.05) is 0 Å². The van der Waals surface area contributed by atoms with Crippen molar-refractivity contribution in [3.63, 3.8) is 0 Å². The molecule has 0 aromatic heterocycles. The molecule has 0 spiro atoms. The third-order valence-corrected chi connectivity index (χ3v) is 4.03. The molecule has 1 aliphatic carbocycles. The summed E-state index contributed by atoms with van der Waals surface area (Å²) in [6.07, 6.45) is 3.44. The van der Waals surface area contributed by atoms with Crippen LogP contribution < -0.4 is 0 Å². The summed E-state index contributed by atoms with van der Waals surface area (Å²) >= 11 is 0. The van der Waals surface area contributed by atoms with E-state index in [4.69, 9.17) is 5.11 Å². The fourth-order valence-electron chi connectivity index (χ4n) is 2.80. The summed E-state index contributed by atoms with van der Waals surface area (Å²) in [5, 5.41) is 9.00. The minimum Gasteiger partial charge on any atom is -0.481 e. The lowest BCUT2D eigenvalue weighted by Gasteiger charge is -2.15. The molecule has 3 heteroatoms. The van der Waals surface area contributed by atoms with E-state index in [1.54, 1.807) is 0 Å². The molecule has 0 amide bonds. The van der Waals surface area contributed by atoms with Gasteiger partial charge in [-0.25, -0.2) is 0 Å². The second kappa shape index (κ2) is 4.73. The van der Waals surface area contributed by atoms with Crippen molar-refractivity contribution in [2.24, 2.45) is 5.92 Å². The summed E-state index contributed by atoms with van der Waals surface area (Å²) in [6, 6.07) is 8.80. The molecular formula is C15H19NO2. The smallest absolute Gasteiger partial charge is 0.307 e. The Morgan fingerprint density at radius 1 is 1.33 bits per heavy atom. The lowest BCUT2D eigenvalue weighted by molar-refractivity contribution is -0.141. The van der Waals surface area contributed by atoms with E-state index in [1.165, 1.54) is 24.0 Å². The van der Waals surface area contributed by atoms with Crippen molar-refractivity contribution >= 4 is 5.97 Å². The van der Waals surface area contributed by atoms with E-state index in [0.29, 0.717) is 6.54 Å². The maximum atomic E-state index is 10.9. The molecule has 1 heterocycles. The quantitative estimate of drug-likeness (QED) is 0.886. The molecule has 2 fully saturated rings. The Balaban J connectivity index is 1.62. The van der Waals surface area contributed by atoms with E-state index >= 15 is 0 Å². The van der Waals surface area contributed by atoms with Crippen LogP contribution >= 0.6 is 0 Å². The van der Waals surface area contributed by atoms with Crippen LogP contribution in [0.15, 0.2) is 24.3 Å². The zero-order valence-electron chi connectivity index (χ0n) is 10.5. The van der Waals surface area contributed by atoms with Crippen LogP contribution in [0.4, 0.5) is 0 Å². The van der Waals surface area contributed by atoms with Crippen LogP contribution in [0, 0.1) is 5.92 Å². The standard InChI is InChI=1S/C15H19NO2/c17-15(18)14-6-7-16(10-14)9-11-2-1-3-13(8-11)12-4-5-12/h1-3,8,12,14H,4-7,9-10H2,(H,17,18). The summed E-state index contributed by atoms with van der Waals surface area (Å²) in [5.74, 6) is -0.0314. The van der Waals surface area contributed by atoms with Gasteiger partial charge >= 0.3 is 5.97 Å². The molecule has 1 aromatic carbocycles. The number of hydrogen-bond donors (Lipinski definition) is 1. The zero-order chi connectivity index (χ0) is 12.5. The molecule has 1 atom stereocenters. The highest BCUT2D eigenvalue weighted by Crippen LogP contribution is 2.40. The van der Waals surface area contributed by atoms with Crippen LogP contribution in [0.3, 0.4) is 0 Å². The van der Waals surface area contributed by atoms with E-state index in [0.717, 1.165) is 25.4 Å². The second-order valence-corrected chi connectivity index (χ2v) is 5.58. The molecule has 1 N–H and O–H groups in total. The Morgan fingerprint density at radius 2 is 2.17 bits per heavy atom. The van der Waals surface area contributed by atoms with Crippen LogP contribution in [0.25, 0.3) is 0 Å². The predicted octanol–water partition coefficient (Wildman–Crippen LogP) is 2.47. The fourth-order valence-corrected chi connectivity index (χ4v) is 2.80. The molecule has 1 aliphatic heterocycles. The number of carbonyl (C=O) groups is 1. The Kier molecular flexibility index (Phi) is 3.08. The molecule has 96 valence electrons. The second-order valence-electron chi connectivity index (χ2n) is 5.58. The van der Waals surface area contributed by atoms with Crippen LogP contribution in [0.1, 0.15) is 36.3 Å². The van der Waals surface area contributed by atoms with Crippen molar-refractivity contribution in [2.75, 3.05) is 13.1 Å². The van der Waals surface area contributed by atoms with Crippen LogP contribution in [-0.4, -0.2) is 29.1 Å². The van der Waals surface area contributed by atoms with Crippen molar-refractivity contribution in [1.82, 2.24) is 4.90 Å². The molecule has 1 aromatic rings. The highest BCUT2D eigenvalue weighted by molar-refractivity contribution is 5.70. The fraction of sp³-hybridized carbons (Fsp3) is 0.533. The molecule has 0 radical (unpaired) electrons. The van der Waals surface area contributed by atoms with Gasteiger partial charge in [-0.1, -0.05) is 24.3 Å². The van der Waals surface area contributed by atoms with Gasteiger partial charge in [0.15, 0.2) is 0 Å². The number of hydrogen-bond acceptors (Lipinski definition) is 2. The number of likely N-dealkylation sites (tertiary alicyclic amines) is 1. The molecule has 3 rings (SSSR count). The predicted molar refractivity (Wildman–Crippen MR) is 69.4 cm³/mol. The van der Waals surface area contributed by atoms with Crippen LogP contribution in [-0.2, 0) is 11.3 Å². The molecule has 3 nitrogen and oxygen atoms in total. The summed E-state index contributed by atoms with van der Waals surface area (Å²) < 4.78 is 0. The summed E-state index contributed by atoms with van der Waals surface area (Å²) in [6.45, 7) is 2.50. The van der Waals surface area contributed by atoms with E-state index < -0.39 is 5.97 Å². The maximum Gasteiger partial charge on any atom is 0.307 e. The molecule has 18 heavy (non-hydrogen) atoms. The minimum atomic E-state index is -0.649. The van der Waals surface area contributed by atoms with Gasteiger partial charge in [0.05, 0.1) is 5.92 Å². The van der Waals surface area contributed by atoms with Gasteiger partial charge in [0.1, 0.15) is 0 Å². The highest BCUT2D eigenvalue weighted by Gasteiger charge is 2.28. The van der Waals surface area contributed by atoms with E-state index in [9.17, 15) is 4.79 Å². The normalized spacial score (nSPS) is 24.3. The first-order chi connectivity index (χ1) is 8.72. The molecular weight excluding hydrogens is 226 g/mol. The highest BCUT2D eigenvalue weighted by atomic mass is 16.4. The zero-order valence-corrected chi connectivity index (χ0v) is 10.5. The average molecular weight is 245 g/mol. The van der Waals surface area contributed by atoms with Crippen LogP contribution in [0.2, 0.25) is 0 Å². The third kappa shape index (κ3) is 2.56. The van der Waals surface area contributed by atoms with Gasteiger partial charge in [-0.2, -0.15) is 0 Å². The third-order valence-electron chi connectivity index (χ3n) is 4.03. The molecule has 1 saturated heterocycles. The first-order valence-corrected chi connectivity index (χ1v) is 6.76. The Hall–Kier alpha value is -1.35. The lowest BCUT2D eigenvalue weighted by Crippen LogP contribution is -2.22. The van der Waals surface area contributed by atoms with Gasteiger partial charge in [-0.3, -0.25) is 9.69 Å². The topological polar surface area (TPSA) is 40.5 Å². The minimum absolute atomic E-state index is 0.170. The molecule has 1 saturated carbocycles. The number of carboxylic acids is 1. The lowest BCUT2D eigenvalue weighted by atomic mass is 10.1. The van der Waals surface area contributed by atoms with Crippen molar-refractivity contribution in [2.45, 2.75) is 31.7 Å². The van der Waals surface area contributed by atoms with Crippen molar-refractivity contribution in [3.8, 4) is 0 Å². The van der Waals surface area contributed by atoms with E-state index in [2.05, 4.69) is 29.2 Å². The van der Waals surface area contributed by atoms with Gasteiger partial charge in [0.25, 0.3) is 0 Å².